The predicted octanol–water partition coefficient (Wildman–Crippen LogP) is 3.23. The summed E-state index contributed by atoms with van der Waals surface area (Å²) in [6.07, 6.45) is 1.54. The minimum absolute atomic E-state index is 0.274. The Morgan fingerprint density at radius 3 is 2.41 bits per heavy atom. The first-order valence-electron chi connectivity index (χ1n) is 6.45. The number of methoxy groups -OCH3 is 2. The lowest BCUT2D eigenvalue weighted by atomic mass is 10.2. The van der Waals surface area contributed by atoms with Crippen LogP contribution in [-0.4, -0.2) is 26.3 Å². The summed E-state index contributed by atoms with van der Waals surface area (Å²) in [6, 6.07) is 12.4. The van der Waals surface area contributed by atoms with E-state index in [-0.39, 0.29) is 5.91 Å². The third-order valence-electron chi connectivity index (χ3n) is 2.89. The van der Waals surface area contributed by atoms with E-state index in [0.29, 0.717) is 17.1 Å². The van der Waals surface area contributed by atoms with Crippen LogP contribution in [-0.2, 0) is 0 Å². The zero-order valence-corrected chi connectivity index (χ0v) is 13.8. The van der Waals surface area contributed by atoms with Crippen LogP contribution in [0.1, 0.15) is 15.9 Å². The molecule has 22 heavy (non-hydrogen) atoms. The van der Waals surface area contributed by atoms with Gasteiger partial charge >= 0.3 is 0 Å². The molecule has 0 heterocycles. The lowest BCUT2D eigenvalue weighted by Gasteiger charge is -2.07. The van der Waals surface area contributed by atoms with Crippen LogP contribution in [0.5, 0.6) is 11.5 Å². The Balaban J connectivity index is 2.03. The molecule has 0 aliphatic carbocycles. The molecule has 0 radical (unpaired) electrons. The SMILES string of the molecule is COc1ccc(/C=N\NC(=O)c2ccc(Br)cc2)cc1OC. The van der Waals surface area contributed by atoms with Crippen molar-refractivity contribution in [1.29, 1.82) is 0 Å². The Kier molecular flexibility index (Phi) is 5.55. The Labute approximate surface area is 137 Å². The molecule has 2 aromatic rings. The number of ether oxygens (including phenoxy) is 2. The number of hydrogen-bond donors (Lipinski definition) is 1. The van der Waals surface area contributed by atoms with Crippen molar-refractivity contribution in [1.82, 2.24) is 5.43 Å². The van der Waals surface area contributed by atoms with Crippen molar-refractivity contribution in [2.24, 2.45) is 5.10 Å². The van der Waals surface area contributed by atoms with Gasteiger partial charge in [0.15, 0.2) is 11.5 Å². The smallest absolute Gasteiger partial charge is 0.271 e. The molecule has 1 amide bonds. The van der Waals surface area contributed by atoms with Gasteiger partial charge in [-0.05, 0) is 48.0 Å². The van der Waals surface area contributed by atoms with E-state index in [1.54, 1.807) is 56.8 Å². The number of carbonyl (C=O) groups excluding carboxylic acids is 1. The Bertz CT molecular complexity index is 684. The molecule has 6 heteroatoms. The monoisotopic (exact) mass is 362 g/mol. The van der Waals surface area contributed by atoms with Crippen LogP contribution in [0, 0.1) is 0 Å². The summed E-state index contributed by atoms with van der Waals surface area (Å²) in [5.41, 5.74) is 3.80. The molecule has 0 saturated carbocycles. The van der Waals surface area contributed by atoms with Crippen molar-refractivity contribution in [3.05, 3.63) is 58.1 Å². The molecular weight excluding hydrogens is 348 g/mol. The maximum atomic E-state index is 11.9. The number of benzene rings is 2. The van der Waals surface area contributed by atoms with E-state index in [4.69, 9.17) is 9.47 Å². The van der Waals surface area contributed by atoms with Crippen molar-refractivity contribution in [2.45, 2.75) is 0 Å². The molecule has 0 saturated heterocycles. The summed E-state index contributed by atoms with van der Waals surface area (Å²) >= 11 is 3.32. The predicted molar refractivity (Wildman–Crippen MR) is 88.7 cm³/mol. The van der Waals surface area contributed by atoms with E-state index in [0.717, 1.165) is 10.0 Å². The molecule has 0 fully saturated rings. The second-order valence-corrected chi connectivity index (χ2v) is 5.24. The van der Waals surface area contributed by atoms with Gasteiger partial charge in [-0.3, -0.25) is 4.79 Å². The van der Waals surface area contributed by atoms with E-state index in [1.165, 1.54) is 0 Å². The van der Waals surface area contributed by atoms with Gasteiger partial charge in [-0.15, -0.1) is 0 Å². The second kappa shape index (κ2) is 7.61. The van der Waals surface area contributed by atoms with Crippen LogP contribution in [0.3, 0.4) is 0 Å². The lowest BCUT2D eigenvalue weighted by molar-refractivity contribution is 0.0955. The molecule has 0 bridgehead atoms. The Morgan fingerprint density at radius 2 is 1.77 bits per heavy atom. The number of carbonyl (C=O) groups is 1. The second-order valence-electron chi connectivity index (χ2n) is 4.32. The van der Waals surface area contributed by atoms with Crippen LogP contribution in [0.15, 0.2) is 52.0 Å². The highest BCUT2D eigenvalue weighted by Crippen LogP contribution is 2.26. The standard InChI is InChI=1S/C16H15BrN2O3/c1-21-14-8-3-11(9-15(14)22-2)10-18-19-16(20)12-4-6-13(17)7-5-12/h3-10H,1-2H3,(H,19,20)/b18-10-. The van der Waals surface area contributed by atoms with Crippen LogP contribution < -0.4 is 14.9 Å². The fraction of sp³-hybridized carbons (Fsp3) is 0.125. The number of nitrogens with one attached hydrogen (secondary N) is 1. The van der Waals surface area contributed by atoms with E-state index < -0.39 is 0 Å². The van der Waals surface area contributed by atoms with Gasteiger partial charge in [-0.2, -0.15) is 5.10 Å². The van der Waals surface area contributed by atoms with Crippen molar-refractivity contribution in [2.75, 3.05) is 14.2 Å². The molecule has 0 aromatic heterocycles. The highest BCUT2D eigenvalue weighted by molar-refractivity contribution is 9.10. The van der Waals surface area contributed by atoms with Crippen LogP contribution >= 0.6 is 15.9 Å². The average Bonchev–Trinajstić information content (AvgIpc) is 2.55. The van der Waals surface area contributed by atoms with E-state index in [9.17, 15) is 4.79 Å². The van der Waals surface area contributed by atoms with Crippen molar-refractivity contribution >= 4 is 28.1 Å². The number of hydrogen-bond acceptors (Lipinski definition) is 4. The van der Waals surface area contributed by atoms with Gasteiger partial charge < -0.3 is 9.47 Å². The van der Waals surface area contributed by atoms with E-state index in [2.05, 4.69) is 26.5 Å². The summed E-state index contributed by atoms with van der Waals surface area (Å²) < 4.78 is 11.3. The quantitative estimate of drug-likeness (QED) is 0.656. The van der Waals surface area contributed by atoms with Gasteiger partial charge in [0.1, 0.15) is 0 Å². The molecule has 114 valence electrons. The molecule has 5 nitrogen and oxygen atoms in total. The fourth-order valence-electron chi connectivity index (χ4n) is 1.76. The molecule has 0 atom stereocenters. The van der Waals surface area contributed by atoms with Gasteiger partial charge in [-0.1, -0.05) is 15.9 Å². The van der Waals surface area contributed by atoms with Crippen molar-refractivity contribution in [3.8, 4) is 11.5 Å². The highest BCUT2D eigenvalue weighted by atomic mass is 79.9. The van der Waals surface area contributed by atoms with Gasteiger partial charge in [0.05, 0.1) is 20.4 Å². The molecule has 2 aromatic carbocycles. The van der Waals surface area contributed by atoms with E-state index >= 15 is 0 Å². The minimum atomic E-state index is -0.274. The molecule has 0 aliphatic heterocycles. The Morgan fingerprint density at radius 1 is 1.09 bits per heavy atom. The molecule has 1 N–H and O–H groups in total. The van der Waals surface area contributed by atoms with Gasteiger partial charge in [0, 0.05) is 10.0 Å². The zero-order chi connectivity index (χ0) is 15.9. The van der Waals surface area contributed by atoms with Crippen LogP contribution in [0.25, 0.3) is 0 Å². The van der Waals surface area contributed by atoms with Gasteiger partial charge in [0.25, 0.3) is 5.91 Å². The summed E-state index contributed by atoms with van der Waals surface area (Å²) in [5.74, 6) is 0.966. The number of halogens is 1. The fourth-order valence-corrected chi connectivity index (χ4v) is 2.03. The number of amides is 1. The molecule has 0 aliphatic rings. The van der Waals surface area contributed by atoms with E-state index in [1.807, 2.05) is 6.07 Å². The van der Waals surface area contributed by atoms with Crippen LogP contribution in [0.2, 0.25) is 0 Å². The molecule has 0 spiro atoms. The van der Waals surface area contributed by atoms with Crippen molar-refractivity contribution in [3.63, 3.8) is 0 Å². The molecule has 2 rings (SSSR count). The molecule has 0 unspecified atom stereocenters. The molecular formula is C16H15BrN2O3. The average molecular weight is 363 g/mol. The maximum absolute atomic E-state index is 11.9. The minimum Gasteiger partial charge on any atom is -0.493 e. The first kappa shape index (κ1) is 16.0. The summed E-state index contributed by atoms with van der Waals surface area (Å²) in [6.45, 7) is 0. The number of nitrogens with zero attached hydrogens (tertiary/aromatic N) is 1. The topological polar surface area (TPSA) is 59.9 Å². The van der Waals surface area contributed by atoms with Gasteiger partial charge in [-0.25, -0.2) is 5.43 Å². The summed E-state index contributed by atoms with van der Waals surface area (Å²) in [5, 5.41) is 3.94. The third kappa shape index (κ3) is 4.08. The largest absolute Gasteiger partial charge is 0.493 e. The number of hydrazone groups is 1. The van der Waals surface area contributed by atoms with Crippen molar-refractivity contribution < 1.29 is 14.3 Å². The summed E-state index contributed by atoms with van der Waals surface area (Å²) in [4.78, 5) is 11.9. The zero-order valence-electron chi connectivity index (χ0n) is 12.2. The maximum Gasteiger partial charge on any atom is 0.271 e. The Hall–Kier alpha value is -2.34. The first-order chi connectivity index (χ1) is 10.6. The van der Waals surface area contributed by atoms with Crippen LogP contribution in [0.4, 0.5) is 0 Å². The third-order valence-corrected chi connectivity index (χ3v) is 3.42. The lowest BCUT2D eigenvalue weighted by Crippen LogP contribution is -2.17. The van der Waals surface area contributed by atoms with Gasteiger partial charge in [0.2, 0.25) is 0 Å². The normalized spacial score (nSPS) is 10.5. The summed E-state index contributed by atoms with van der Waals surface area (Å²) in [7, 11) is 3.14. The first-order valence-corrected chi connectivity index (χ1v) is 7.24. The number of rotatable bonds is 5. The highest BCUT2D eigenvalue weighted by Gasteiger charge is 2.04.